The molecule has 8 nitrogen and oxygen atoms in total. The smallest absolute Gasteiger partial charge is 0.347 e. The van der Waals surface area contributed by atoms with Crippen molar-refractivity contribution in [2.24, 2.45) is 5.10 Å². The van der Waals surface area contributed by atoms with Crippen LogP contribution in [0, 0.1) is 13.8 Å². The van der Waals surface area contributed by atoms with E-state index in [2.05, 4.69) is 15.8 Å². The van der Waals surface area contributed by atoms with Gasteiger partial charge in [-0.1, -0.05) is 12.1 Å². The third kappa shape index (κ3) is 7.86. The van der Waals surface area contributed by atoms with Gasteiger partial charge < -0.3 is 14.8 Å². The highest BCUT2D eigenvalue weighted by molar-refractivity contribution is 5.94. The van der Waals surface area contributed by atoms with Gasteiger partial charge in [0.15, 0.2) is 6.10 Å². The first kappa shape index (κ1) is 24.6. The van der Waals surface area contributed by atoms with Gasteiger partial charge >= 0.3 is 5.97 Å². The van der Waals surface area contributed by atoms with Crippen molar-refractivity contribution in [1.29, 1.82) is 0 Å². The Bertz CT molecular complexity index is 970. The second-order valence-electron chi connectivity index (χ2n) is 7.17. The number of esters is 1. The van der Waals surface area contributed by atoms with Crippen LogP contribution in [0.3, 0.4) is 0 Å². The van der Waals surface area contributed by atoms with Crippen LogP contribution in [0.4, 0.5) is 5.69 Å². The van der Waals surface area contributed by atoms with Crippen LogP contribution in [0.2, 0.25) is 0 Å². The van der Waals surface area contributed by atoms with E-state index in [1.165, 1.54) is 6.21 Å². The first-order valence-electron chi connectivity index (χ1n) is 10.4. The molecule has 1 unspecified atom stereocenters. The van der Waals surface area contributed by atoms with Gasteiger partial charge in [0, 0.05) is 18.5 Å². The lowest BCUT2D eigenvalue weighted by Crippen LogP contribution is -2.26. The molecule has 0 aromatic heterocycles. The van der Waals surface area contributed by atoms with E-state index < -0.39 is 12.1 Å². The number of carbonyl (C=O) groups excluding carboxylic acids is 3. The highest BCUT2D eigenvalue weighted by atomic mass is 16.6. The van der Waals surface area contributed by atoms with Gasteiger partial charge in [0.05, 0.1) is 12.8 Å². The maximum Gasteiger partial charge on any atom is 0.347 e. The number of hydrogen-bond acceptors (Lipinski definition) is 6. The van der Waals surface area contributed by atoms with Crippen LogP contribution in [-0.4, -0.2) is 36.7 Å². The van der Waals surface area contributed by atoms with E-state index in [9.17, 15) is 14.4 Å². The first-order chi connectivity index (χ1) is 15.3. The summed E-state index contributed by atoms with van der Waals surface area (Å²) in [5.41, 5.74) is 5.97. The zero-order valence-corrected chi connectivity index (χ0v) is 18.8. The lowest BCUT2D eigenvalue weighted by atomic mass is 10.1. The number of rotatable bonds is 10. The molecule has 0 fully saturated rings. The van der Waals surface area contributed by atoms with E-state index in [0.717, 1.165) is 22.4 Å². The largest absolute Gasteiger partial charge is 0.479 e. The van der Waals surface area contributed by atoms with Crippen molar-refractivity contribution in [2.75, 3.05) is 11.9 Å². The van der Waals surface area contributed by atoms with Gasteiger partial charge in [-0.2, -0.15) is 5.10 Å². The van der Waals surface area contributed by atoms with Gasteiger partial charge in [0.1, 0.15) is 5.75 Å². The molecule has 0 aliphatic rings. The minimum Gasteiger partial charge on any atom is -0.479 e. The van der Waals surface area contributed by atoms with E-state index >= 15 is 0 Å². The average molecular weight is 440 g/mol. The molecule has 32 heavy (non-hydrogen) atoms. The molecule has 0 aliphatic carbocycles. The van der Waals surface area contributed by atoms with E-state index in [0.29, 0.717) is 12.4 Å². The fraction of sp³-hybridized carbons (Fsp3) is 0.333. The molecule has 8 heteroatoms. The van der Waals surface area contributed by atoms with Gasteiger partial charge in [0.2, 0.25) is 11.8 Å². The van der Waals surface area contributed by atoms with Crippen molar-refractivity contribution < 1.29 is 23.9 Å². The minimum atomic E-state index is -0.708. The number of hydrogen-bond donors (Lipinski definition) is 2. The van der Waals surface area contributed by atoms with Crippen molar-refractivity contribution in [2.45, 2.75) is 46.6 Å². The normalized spacial score (nSPS) is 11.6. The standard InChI is InChI=1S/C24H29N3O5/c1-5-31-24(30)18(4)32-20-11-9-19(10-12-20)15-25-27-23(29)14-13-22(28)26-21-8-6-7-16(2)17(21)3/h6-12,15,18H,5,13-14H2,1-4H3,(H,26,28)(H,27,29). The Morgan fingerprint density at radius 1 is 1.03 bits per heavy atom. The summed E-state index contributed by atoms with van der Waals surface area (Å²) in [6, 6.07) is 12.5. The predicted octanol–water partition coefficient (Wildman–Crippen LogP) is 3.50. The number of ether oxygens (including phenoxy) is 2. The summed E-state index contributed by atoms with van der Waals surface area (Å²) < 4.78 is 10.4. The van der Waals surface area contributed by atoms with Gasteiger partial charge in [-0.3, -0.25) is 9.59 Å². The highest BCUT2D eigenvalue weighted by Crippen LogP contribution is 2.18. The van der Waals surface area contributed by atoms with Crippen molar-refractivity contribution in [1.82, 2.24) is 5.43 Å². The topological polar surface area (TPSA) is 106 Å². The molecule has 2 aromatic carbocycles. The van der Waals surface area contributed by atoms with Gasteiger partial charge in [-0.05, 0) is 74.7 Å². The number of anilines is 1. The van der Waals surface area contributed by atoms with Crippen molar-refractivity contribution >= 4 is 29.7 Å². The molecule has 2 N–H and O–H groups in total. The third-order valence-electron chi connectivity index (χ3n) is 4.67. The minimum absolute atomic E-state index is 0.0204. The summed E-state index contributed by atoms with van der Waals surface area (Å²) in [7, 11) is 0. The van der Waals surface area contributed by atoms with E-state index in [4.69, 9.17) is 9.47 Å². The second kappa shape index (κ2) is 12.2. The summed E-state index contributed by atoms with van der Waals surface area (Å²) in [5.74, 6) is -0.504. The predicted molar refractivity (Wildman–Crippen MR) is 123 cm³/mol. The van der Waals surface area contributed by atoms with Crippen molar-refractivity contribution in [3.05, 3.63) is 59.2 Å². The van der Waals surface area contributed by atoms with Crippen LogP contribution < -0.4 is 15.5 Å². The van der Waals surface area contributed by atoms with Crippen LogP contribution in [0.5, 0.6) is 5.75 Å². The molecule has 0 saturated carbocycles. The Morgan fingerprint density at radius 3 is 2.41 bits per heavy atom. The molecule has 0 spiro atoms. The summed E-state index contributed by atoms with van der Waals surface area (Å²) in [5, 5.41) is 6.72. The molecule has 0 bridgehead atoms. The van der Waals surface area contributed by atoms with Gasteiger partial charge in [-0.25, -0.2) is 10.2 Å². The Morgan fingerprint density at radius 2 is 1.72 bits per heavy atom. The van der Waals surface area contributed by atoms with E-state index in [1.807, 2.05) is 32.0 Å². The second-order valence-corrected chi connectivity index (χ2v) is 7.17. The number of nitrogens with zero attached hydrogens (tertiary/aromatic N) is 1. The van der Waals surface area contributed by atoms with Crippen LogP contribution >= 0.6 is 0 Å². The highest BCUT2D eigenvalue weighted by Gasteiger charge is 2.15. The van der Waals surface area contributed by atoms with Crippen molar-refractivity contribution in [3.63, 3.8) is 0 Å². The number of nitrogens with one attached hydrogen (secondary N) is 2. The monoisotopic (exact) mass is 439 g/mol. The summed E-state index contributed by atoms with van der Waals surface area (Å²) >= 11 is 0. The quantitative estimate of drug-likeness (QED) is 0.335. The van der Waals surface area contributed by atoms with Crippen LogP contribution in [0.25, 0.3) is 0 Å². The number of carbonyl (C=O) groups is 3. The molecule has 0 heterocycles. The molecule has 0 radical (unpaired) electrons. The molecule has 2 rings (SSSR count). The fourth-order valence-corrected chi connectivity index (χ4v) is 2.71. The fourth-order valence-electron chi connectivity index (χ4n) is 2.71. The zero-order valence-electron chi connectivity index (χ0n) is 18.8. The van der Waals surface area contributed by atoms with E-state index in [1.54, 1.807) is 38.1 Å². The Hall–Kier alpha value is -3.68. The molecule has 2 amide bonds. The third-order valence-corrected chi connectivity index (χ3v) is 4.67. The molecule has 1 atom stereocenters. The number of amides is 2. The summed E-state index contributed by atoms with van der Waals surface area (Å²) in [6.45, 7) is 7.56. The number of aryl methyl sites for hydroxylation is 1. The Balaban J connectivity index is 1.75. The zero-order chi connectivity index (χ0) is 23.5. The Kier molecular flexibility index (Phi) is 9.41. The average Bonchev–Trinajstić information content (AvgIpc) is 2.77. The lowest BCUT2D eigenvalue weighted by Gasteiger charge is -2.13. The SMILES string of the molecule is CCOC(=O)C(C)Oc1ccc(C=NNC(=O)CCC(=O)Nc2cccc(C)c2C)cc1. The number of hydrazone groups is 1. The molecular weight excluding hydrogens is 410 g/mol. The van der Waals surface area contributed by atoms with Crippen LogP contribution in [-0.2, 0) is 19.1 Å². The van der Waals surface area contributed by atoms with Gasteiger partial charge in [0.25, 0.3) is 0 Å². The Labute approximate surface area is 188 Å². The molecule has 0 aliphatic heterocycles. The van der Waals surface area contributed by atoms with Crippen LogP contribution in [0.15, 0.2) is 47.6 Å². The summed E-state index contributed by atoms with van der Waals surface area (Å²) in [4.78, 5) is 35.6. The molecular formula is C24H29N3O5. The maximum absolute atomic E-state index is 12.1. The molecule has 0 saturated heterocycles. The lowest BCUT2D eigenvalue weighted by molar-refractivity contribution is -0.150. The summed E-state index contributed by atoms with van der Waals surface area (Å²) in [6.07, 6.45) is 0.847. The molecule has 2 aromatic rings. The number of benzene rings is 2. The van der Waals surface area contributed by atoms with Gasteiger partial charge in [-0.15, -0.1) is 0 Å². The molecule has 170 valence electrons. The van der Waals surface area contributed by atoms with Crippen molar-refractivity contribution in [3.8, 4) is 5.75 Å². The first-order valence-corrected chi connectivity index (χ1v) is 10.4. The van der Waals surface area contributed by atoms with E-state index in [-0.39, 0.29) is 24.7 Å². The maximum atomic E-state index is 12.1. The van der Waals surface area contributed by atoms with Crippen LogP contribution in [0.1, 0.15) is 43.4 Å².